The molecule has 1 unspecified atom stereocenters. The Bertz CT molecular complexity index is 507. The van der Waals surface area contributed by atoms with Crippen LogP contribution in [-0.2, 0) is 14.8 Å². The molecule has 0 aliphatic heterocycles. The summed E-state index contributed by atoms with van der Waals surface area (Å²) in [5, 5.41) is 8.94. The van der Waals surface area contributed by atoms with E-state index in [1.54, 1.807) is 6.07 Å². The number of hydrogen-bond acceptors (Lipinski definition) is 4. The molecule has 0 spiro atoms. The standard InChI is InChI=1S/C11H17NO4S2/c1-3-4-9(11(13)14)7-12-18(15,16)10-6-5-8(2)17-10/h5-6,9,12H,3-4,7H2,1-2H3,(H,13,14). The van der Waals surface area contributed by atoms with Crippen molar-refractivity contribution in [3.63, 3.8) is 0 Å². The second-order valence-electron chi connectivity index (χ2n) is 4.04. The summed E-state index contributed by atoms with van der Waals surface area (Å²) in [5.74, 6) is -1.65. The maximum absolute atomic E-state index is 11.9. The van der Waals surface area contributed by atoms with Crippen molar-refractivity contribution in [3.05, 3.63) is 17.0 Å². The second-order valence-corrected chi connectivity index (χ2v) is 7.32. The number of thiophene rings is 1. The van der Waals surface area contributed by atoms with Gasteiger partial charge in [-0.3, -0.25) is 4.79 Å². The minimum absolute atomic E-state index is 0.0670. The van der Waals surface area contributed by atoms with E-state index in [-0.39, 0.29) is 10.8 Å². The lowest BCUT2D eigenvalue weighted by Gasteiger charge is -2.11. The molecule has 102 valence electrons. The number of rotatable bonds is 7. The van der Waals surface area contributed by atoms with E-state index < -0.39 is 21.9 Å². The van der Waals surface area contributed by atoms with Gasteiger partial charge in [-0.15, -0.1) is 11.3 Å². The predicted octanol–water partition coefficient (Wildman–Crippen LogP) is 1.84. The van der Waals surface area contributed by atoms with Gasteiger partial charge in [-0.2, -0.15) is 0 Å². The summed E-state index contributed by atoms with van der Waals surface area (Å²) >= 11 is 1.17. The molecule has 1 atom stereocenters. The van der Waals surface area contributed by atoms with E-state index in [9.17, 15) is 13.2 Å². The fourth-order valence-electron chi connectivity index (χ4n) is 1.50. The van der Waals surface area contributed by atoms with Gasteiger partial charge in [0, 0.05) is 11.4 Å². The first-order valence-corrected chi connectivity index (χ1v) is 7.95. The Morgan fingerprint density at radius 2 is 2.17 bits per heavy atom. The van der Waals surface area contributed by atoms with Gasteiger partial charge in [0.1, 0.15) is 4.21 Å². The van der Waals surface area contributed by atoms with E-state index >= 15 is 0 Å². The van der Waals surface area contributed by atoms with Crippen molar-refractivity contribution in [2.75, 3.05) is 6.54 Å². The third-order valence-corrected chi connectivity index (χ3v) is 5.40. The van der Waals surface area contributed by atoms with E-state index in [1.807, 2.05) is 13.8 Å². The SMILES string of the molecule is CCCC(CNS(=O)(=O)c1ccc(C)s1)C(=O)O. The molecule has 1 rings (SSSR count). The van der Waals surface area contributed by atoms with Crippen molar-refractivity contribution in [2.24, 2.45) is 5.92 Å². The quantitative estimate of drug-likeness (QED) is 0.803. The number of nitrogens with one attached hydrogen (secondary N) is 1. The van der Waals surface area contributed by atoms with Crippen LogP contribution in [0.5, 0.6) is 0 Å². The number of carbonyl (C=O) groups is 1. The normalized spacial score (nSPS) is 13.4. The number of hydrogen-bond donors (Lipinski definition) is 2. The zero-order valence-corrected chi connectivity index (χ0v) is 12.0. The molecule has 0 fully saturated rings. The molecule has 0 saturated heterocycles. The summed E-state index contributed by atoms with van der Waals surface area (Å²) in [6, 6.07) is 3.25. The van der Waals surface area contributed by atoms with Gasteiger partial charge in [0.05, 0.1) is 5.92 Å². The minimum atomic E-state index is -3.58. The zero-order valence-electron chi connectivity index (χ0n) is 10.3. The van der Waals surface area contributed by atoms with Gasteiger partial charge in [0.15, 0.2) is 0 Å². The first-order chi connectivity index (χ1) is 8.36. The van der Waals surface area contributed by atoms with Crippen LogP contribution in [0.15, 0.2) is 16.3 Å². The van der Waals surface area contributed by atoms with Gasteiger partial charge in [0.2, 0.25) is 10.0 Å². The largest absolute Gasteiger partial charge is 0.481 e. The maximum Gasteiger partial charge on any atom is 0.307 e. The van der Waals surface area contributed by atoms with E-state index in [1.165, 1.54) is 17.4 Å². The monoisotopic (exact) mass is 291 g/mol. The van der Waals surface area contributed by atoms with Gasteiger partial charge in [0.25, 0.3) is 0 Å². The minimum Gasteiger partial charge on any atom is -0.481 e. The smallest absolute Gasteiger partial charge is 0.307 e. The summed E-state index contributed by atoms with van der Waals surface area (Å²) in [5.41, 5.74) is 0. The molecule has 0 aliphatic rings. The van der Waals surface area contributed by atoms with Crippen molar-refractivity contribution in [2.45, 2.75) is 30.9 Å². The van der Waals surface area contributed by atoms with Gasteiger partial charge in [-0.25, -0.2) is 13.1 Å². The first-order valence-electron chi connectivity index (χ1n) is 5.65. The van der Waals surface area contributed by atoms with Crippen LogP contribution in [0.2, 0.25) is 0 Å². The number of carboxylic acid groups (broad SMARTS) is 1. The molecular formula is C11H17NO4S2. The van der Waals surface area contributed by atoms with E-state index in [0.29, 0.717) is 12.8 Å². The van der Waals surface area contributed by atoms with Crippen molar-refractivity contribution < 1.29 is 18.3 Å². The Kier molecular flexibility index (Phi) is 5.30. The molecule has 18 heavy (non-hydrogen) atoms. The third-order valence-electron chi connectivity index (χ3n) is 2.49. The molecule has 1 aromatic heterocycles. The van der Waals surface area contributed by atoms with Crippen LogP contribution < -0.4 is 4.72 Å². The van der Waals surface area contributed by atoms with Crippen LogP contribution in [-0.4, -0.2) is 26.0 Å². The molecule has 7 heteroatoms. The van der Waals surface area contributed by atoms with Crippen LogP contribution >= 0.6 is 11.3 Å². The highest BCUT2D eigenvalue weighted by Gasteiger charge is 2.21. The number of aliphatic carboxylic acids is 1. The summed E-state index contributed by atoms with van der Waals surface area (Å²) in [6.07, 6.45) is 1.16. The van der Waals surface area contributed by atoms with E-state index in [4.69, 9.17) is 5.11 Å². The Balaban J connectivity index is 2.69. The summed E-state index contributed by atoms with van der Waals surface area (Å²) < 4.78 is 26.3. The fraction of sp³-hybridized carbons (Fsp3) is 0.545. The van der Waals surface area contributed by atoms with Crippen molar-refractivity contribution in [3.8, 4) is 0 Å². The van der Waals surface area contributed by atoms with Crippen LogP contribution in [0.4, 0.5) is 0 Å². The second kappa shape index (κ2) is 6.31. The molecule has 5 nitrogen and oxygen atoms in total. The van der Waals surface area contributed by atoms with E-state index in [2.05, 4.69) is 4.72 Å². The van der Waals surface area contributed by atoms with Crippen molar-refractivity contribution in [1.29, 1.82) is 0 Å². The lowest BCUT2D eigenvalue weighted by Crippen LogP contribution is -2.32. The summed E-state index contributed by atoms with van der Waals surface area (Å²) in [6.45, 7) is 3.62. The Labute approximate surface area is 111 Å². The molecule has 0 saturated carbocycles. The summed E-state index contributed by atoms with van der Waals surface area (Å²) in [4.78, 5) is 11.8. The van der Waals surface area contributed by atoms with Crippen molar-refractivity contribution in [1.82, 2.24) is 4.72 Å². The molecule has 1 aromatic rings. The van der Waals surface area contributed by atoms with Crippen LogP contribution in [0, 0.1) is 12.8 Å². The summed E-state index contributed by atoms with van der Waals surface area (Å²) in [7, 11) is -3.58. The maximum atomic E-state index is 11.9. The Morgan fingerprint density at radius 3 is 2.61 bits per heavy atom. The topological polar surface area (TPSA) is 83.5 Å². The van der Waals surface area contributed by atoms with Gasteiger partial charge in [-0.05, 0) is 25.5 Å². The van der Waals surface area contributed by atoms with Crippen LogP contribution in [0.1, 0.15) is 24.6 Å². The molecule has 0 amide bonds. The molecular weight excluding hydrogens is 274 g/mol. The lowest BCUT2D eigenvalue weighted by molar-refractivity contribution is -0.141. The first kappa shape index (κ1) is 15.1. The molecule has 0 radical (unpaired) electrons. The molecule has 0 aliphatic carbocycles. The Hall–Kier alpha value is -0.920. The highest BCUT2D eigenvalue weighted by atomic mass is 32.2. The van der Waals surface area contributed by atoms with Crippen LogP contribution in [0.3, 0.4) is 0 Å². The average Bonchev–Trinajstić information content (AvgIpc) is 2.71. The number of aryl methyl sites for hydroxylation is 1. The fourth-order valence-corrected chi connectivity index (χ4v) is 3.91. The molecule has 2 N–H and O–H groups in total. The van der Waals surface area contributed by atoms with E-state index in [0.717, 1.165) is 4.88 Å². The third kappa shape index (κ3) is 4.08. The van der Waals surface area contributed by atoms with Crippen molar-refractivity contribution >= 4 is 27.3 Å². The lowest BCUT2D eigenvalue weighted by atomic mass is 10.1. The van der Waals surface area contributed by atoms with Gasteiger partial charge < -0.3 is 5.11 Å². The van der Waals surface area contributed by atoms with Gasteiger partial charge >= 0.3 is 5.97 Å². The predicted molar refractivity (Wildman–Crippen MR) is 70.3 cm³/mol. The van der Waals surface area contributed by atoms with Crippen LogP contribution in [0.25, 0.3) is 0 Å². The highest BCUT2D eigenvalue weighted by molar-refractivity contribution is 7.91. The van der Waals surface area contributed by atoms with Gasteiger partial charge in [-0.1, -0.05) is 13.3 Å². The number of sulfonamides is 1. The number of carboxylic acids is 1. The Morgan fingerprint density at radius 1 is 1.50 bits per heavy atom. The average molecular weight is 291 g/mol. The highest BCUT2D eigenvalue weighted by Crippen LogP contribution is 2.20. The molecule has 0 aromatic carbocycles. The molecule has 0 bridgehead atoms. The molecule has 1 heterocycles. The zero-order chi connectivity index (χ0) is 13.8.